The van der Waals surface area contributed by atoms with Crippen molar-refractivity contribution in [3.05, 3.63) is 0 Å². The summed E-state index contributed by atoms with van der Waals surface area (Å²) < 4.78 is 0. The van der Waals surface area contributed by atoms with Crippen molar-refractivity contribution < 1.29 is 9.90 Å². The number of carbonyl (C=O) groups is 1. The molecule has 2 unspecified atom stereocenters. The van der Waals surface area contributed by atoms with Crippen LogP contribution < -0.4 is 5.73 Å². The smallest absolute Gasteiger partial charge is 0.323 e. The second-order valence-electron chi connectivity index (χ2n) is 6.22. The Balaban J connectivity index is 1.83. The lowest BCUT2D eigenvalue weighted by Crippen LogP contribution is -2.51. The third kappa shape index (κ3) is 3.46. The van der Waals surface area contributed by atoms with Gasteiger partial charge in [-0.05, 0) is 58.3 Å². The van der Waals surface area contributed by atoms with Crippen LogP contribution in [0.5, 0.6) is 0 Å². The van der Waals surface area contributed by atoms with Gasteiger partial charge in [-0.3, -0.25) is 4.79 Å². The van der Waals surface area contributed by atoms with Crippen LogP contribution >= 0.6 is 0 Å². The van der Waals surface area contributed by atoms with Gasteiger partial charge < -0.3 is 20.6 Å². The molecule has 1 aliphatic carbocycles. The molecule has 2 rings (SSSR count). The van der Waals surface area contributed by atoms with Gasteiger partial charge in [0.1, 0.15) is 5.54 Å². The van der Waals surface area contributed by atoms with Gasteiger partial charge in [-0.15, -0.1) is 0 Å². The molecule has 2 fully saturated rings. The number of carboxylic acid groups (broad SMARTS) is 1. The van der Waals surface area contributed by atoms with Crippen molar-refractivity contribution in [2.45, 2.75) is 37.6 Å². The molecule has 19 heavy (non-hydrogen) atoms. The standard InChI is InChI=1S/C14H27N3O2/c1-16-7-3-8-17(11-10-16)9-5-12-4-2-6-14(12,15)13(18)19/h12H,2-11,15H2,1H3,(H,18,19). The van der Waals surface area contributed by atoms with Crippen LogP contribution in [0.4, 0.5) is 0 Å². The maximum absolute atomic E-state index is 11.3. The summed E-state index contributed by atoms with van der Waals surface area (Å²) in [5.41, 5.74) is 5.12. The summed E-state index contributed by atoms with van der Waals surface area (Å²) in [6.45, 7) is 5.48. The Hall–Kier alpha value is -0.650. The Morgan fingerprint density at radius 2 is 2.11 bits per heavy atom. The minimum Gasteiger partial charge on any atom is -0.480 e. The maximum atomic E-state index is 11.3. The molecule has 3 N–H and O–H groups in total. The Labute approximate surface area is 115 Å². The summed E-state index contributed by atoms with van der Waals surface area (Å²) in [6, 6.07) is 0. The third-order valence-electron chi connectivity index (χ3n) is 4.88. The van der Waals surface area contributed by atoms with E-state index in [0.717, 1.165) is 52.0 Å². The molecule has 5 nitrogen and oxygen atoms in total. The SMILES string of the molecule is CN1CCCN(CCC2CCCC2(N)C(=O)O)CC1. The van der Waals surface area contributed by atoms with Crippen LogP contribution in [0.25, 0.3) is 0 Å². The van der Waals surface area contributed by atoms with Crippen LogP contribution in [0.15, 0.2) is 0 Å². The minimum atomic E-state index is -0.970. The van der Waals surface area contributed by atoms with E-state index in [1.54, 1.807) is 0 Å². The second-order valence-corrected chi connectivity index (χ2v) is 6.22. The Morgan fingerprint density at radius 1 is 1.32 bits per heavy atom. The van der Waals surface area contributed by atoms with E-state index in [1.165, 1.54) is 6.42 Å². The average Bonchev–Trinajstić information content (AvgIpc) is 2.62. The van der Waals surface area contributed by atoms with E-state index in [4.69, 9.17) is 5.73 Å². The molecule has 2 atom stereocenters. The quantitative estimate of drug-likeness (QED) is 0.782. The van der Waals surface area contributed by atoms with Gasteiger partial charge in [0.05, 0.1) is 0 Å². The molecule has 0 spiro atoms. The molecule has 0 bridgehead atoms. The molecule has 0 aromatic heterocycles. The fourth-order valence-corrected chi connectivity index (χ4v) is 3.45. The highest BCUT2D eigenvalue weighted by Crippen LogP contribution is 2.36. The summed E-state index contributed by atoms with van der Waals surface area (Å²) in [5, 5.41) is 9.31. The molecule has 2 aliphatic rings. The molecule has 0 radical (unpaired) electrons. The number of likely N-dealkylation sites (N-methyl/N-ethyl adjacent to an activating group) is 1. The number of carboxylic acids is 1. The van der Waals surface area contributed by atoms with Crippen LogP contribution in [-0.4, -0.2) is 66.2 Å². The number of aliphatic carboxylic acids is 1. The predicted molar refractivity (Wildman–Crippen MR) is 75.1 cm³/mol. The highest BCUT2D eigenvalue weighted by atomic mass is 16.4. The van der Waals surface area contributed by atoms with Crippen molar-refractivity contribution in [2.75, 3.05) is 39.8 Å². The molecule has 1 saturated heterocycles. The van der Waals surface area contributed by atoms with Crippen molar-refractivity contribution in [3.8, 4) is 0 Å². The van der Waals surface area contributed by atoms with E-state index in [0.29, 0.717) is 6.42 Å². The van der Waals surface area contributed by atoms with E-state index in [2.05, 4.69) is 16.8 Å². The van der Waals surface area contributed by atoms with Gasteiger partial charge in [-0.2, -0.15) is 0 Å². The summed E-state index contributed by atoms with van der Waals surface area (Å²) in [7, 11) is 2.16. The minimum absolute atomic E-state index is 0.144. The average molecular weight is 269 g/mol. The lowest BCUT2D eigenvalue weighted by Gasteiger charge is -2.29. The Morgan fingerprint density at radius 3 is 2.84 bits per heavy atom. The highest BCUT2D eigenvalue weighted by Gasteiger charge is 2.45. The molecule has 0 amide bonds. The zero-order chi connectivity index (χ0) is 13.9. The van der Waals surface area contributed by atoms with E-state index >= 15 is 0 Å². The van der Waals surface area contributed by atoms with E-state index in [9.17, 15) is 9.90 Å². The molecule has 0 aromatic carbocycles. The zero-order valence-corrected chi connectivity index (χ0v) is 12.0. The Bertz CT molecular complexity index is 324. The molecular formula is C14H27N3O2. The molecule has 1 heterocycles. The van der Waals surface area contributed by atoms with Gasteiger partial charge in [0.15, 0.2) is 0 Å². The van der Waals surface area contributed by atoms with Crippen molar-refractivity contribution in [1.82, 2.24) is 9.80 Å². The molecule has 5 heteroatoms. The molecule has 0 aromatic rings. The number of rotatable bonds is 4. The van der Waals surface area contributed by atoms with Crippen LogP contribution in [-0.2, 0) is 4.79 Å². The molecule has 1 saturated carbocycles. The number of nitrogens with two attached hydrogens (primary N) is 1. The summed E-state index contributed by atoms with van der Waals surface area (Å²) in [4.78, 5) is 16.2. The van der Waals surface area contributed by atoms with Gasteiger partial charge in [-0.25, -0.2) is 0 Å². The van der Waals surface area contributed by atoms with Crippen molar-refractivity contribution >= 4 is 5.97 Å². The first-order valence-electron chi connectivity index (χ1n) is 7.45. The summed E-state index contributed by atoms with van der Waals surface area (Å²) in [5.74, 6) is -0.670. The van der Waals surface area contributed by atoms with Crippen molar-refractivity contribution in [2.24, 2.45) is 11.7 Å². The van der Waals surface area contributed by atoms with Crippen molar-refractivity contribution in [1.29, 1.82) is 0 Å². The number of hydrogen-bond donors (Lipinski definition) is 2. The fraction of sp³-hybridized carbons (Fsp3) is 0.929. The highest BCUT2D eigenvalue weighted by molar-refractivity contribution is 5.79. The summed E-state index contributed by atoms with van der Waals surface area (Å²) >= 11 is 0. The van der Waals surface area contributed by atoms with Gasteiger partial charge in [0, 0.05) is 13.1 Å². The summed E-state index contributed by atoms with van der Waals surface area (Å²) in [6.07, 6.45) is 4.68. The zero-order valence-electron chi connectivity index (χ0n) is 12.0. The van der Waals surface area contributed by atoms with Gasteiger partial charge in [0.2, 0.25) is 0 Å². The topological polar surface area (TPSA) is 69.8 Å². The van der Waals surface area contributed by atoms with Crippen molar-refractivity contribution in [3.63, 3.8) is 0 Å². The van der Waals surface area contributed by atoms with Gasteiger partial charge in [0.25, 0.3) is 0 Å². The van der Waals surface area contributed by atoms with E-state index in [-0.39, 0.29) is 5.92 Å². The maximum Gasteiger partial charge on any atom is 0.323 e. The predicted octanol–water partition coefficient (Wildman–Crippen LogP) is 0.596. The first kappa shape index (κ1) is 14.8. The number of nitrogens with zero attached hydrogens (tertiary/aromatic N) is 2. The van der Waals surface area contributed by atoms with E-state index < -0.39 is 11.5 Å². The van der Waals surface area contributed by atoms with Crippen LogP contribution in [0.2, 0.25) is 0 Å². The molecule has 1 aliphatic heterocycles. The first-order valence-corrected chi connectivity index (χ1v) is 7.45. The lowest BCUT2D eigenvalue weighted by molar-refractivity contribution is -0.144. The third-order valence-corrected chi connectivity index (χ3v) is 4.88. The molecular weight excluding hydrogens is 242 g/mol. The normalized spacial score (nSPS) is 34.3. The van der Waals surface area contributed by atoms with Crippen LogP contribution in [0.1, 0.15) is 32.1 Å². The first-order chi connectivity index (χ1) is 9.02. The lowest BCUT2D eigenvalue weighted by atomic mass is 9.85. The fourth-order valence-electron chi connectivity index (χ4n) is 3.45. The second kappa shape index (κ2) is 6.20. The molecule has 110 valence electrons. The number of hydrogen-bond acceptors (Lipinski definition) is 4. The van der Waals surface area contributed by atoms with E-state index in [1.807, 2.05) is 0 Å². The largest absolute Gasteiger partial charge is 0.480 e. The Kier molecular flexibility index (Phi) is 4.81. The van der Waals surface area contributed by atoms with Crippen LogP contribution in [0, 0.1) is 5.92 Å². The monoisotopic (exact) mass is 269 g/mol. The van der Waals surface area contributed by atoms with Gasteiger partial charge >= 0.3 is 5.97 Å². The van der Waals surface area contributed by atoms with Crippen LogP contribution in [0.3, 0.4) is 0 Å². The van der Waals surface area contributed by atoms with Gasteiger partial charge in [-0.1, -0.05) is 6.42 Å².